The fourth-order valence-electron chi connectivity index (χ4n) is 2.04. The Morgan fingerprint density at radius 1 is 1.29 bits per heavy atom. The van der Waals surface area contributed by atoms with Crippen molar-refractivity contribution in [3.8, 4) is 11.3 Å². The third-order valence-corrected chi connectivity index (χ3v) is 3.06. The van der Waals surface area contributed by atoms with Crippen LogP contribution in [0.25, 0.3) is 11.3 Å². The molecule has 0 saturated heterocycles. The summed E-state index contributed by atoms with van der Waals surface area (Å²) >= 11 is 0. The van der Waals surface area contributed by atoms with E-state index in [-0.39, 0.29) is 0 Å². The second-order valence-corrected chi connectivity index (χ2v) is 5.37. The number of nitrogens with one attached hydrogen (secondary N) is 2. The largest absolute Gasteiger partial charge is 0.416 e. The lowest BCUT2D eigenvalue weighted by molar-refractivity contribution is -0.137. The zero-order chi connectivity index (χ0) is 15.5. The highest BCUT2D eigenvalue weighted by Crippen LogP contribution is 2.32. The van der Waals surface area contributed by atoms with Crippen molar-refractivity contribution in [2.45, 2.75) is 26.6 Å². The molecular weight excluding hydrogens is 279 g/mol. The van der Waals surface area contributed by atoms with Gasteiger partial charge in [-0.1, -0.05) is 26.0 Å². The fraction of sp³-hybridized carbons (Fsp3) is 0.400. The van der Waals surface area contributed by atoms with E-state index in [0.717, 1.165) is 24.2 Å². The summed E-state index contributed by atoms with van der Waals surface area (Å²) in [7, 11) is 0. The standard InChI is InChI=1S/C15H18F3N3/c1-10(2)7-19-8-12-9-20-21-14(12)11-4-3-5-13(6-11)15(16,17)18/h3-6,9-10,19H,7-8H2,1-2H3,(H,20,21). The van der Waals surface area contributed by atoms with Crippen molar-refractivity contribution in [3.05, 3.63) is 41.6 Å². The number of aromatic amines is 1. The number of halogens is 3. The summed E-state index contributed by atoms with van der Waals surface area (Å²) in [6, 6.07) is 5.26. The summed E-state index contributed by atoms with van der Waals surface area (Å²) in [5, 5.41) is 9.98. The molecule has 1 heterocycles. The fourth-order valence-corrected chi connectivity index (χ4v) is 2.04. The molecule has 0 fully saturated rings. The van der Waals surface area contributed by atoms with Crippen molar-refractivity contribution in [1.82, 2.24) is 15.5 Å². The van der Waals surface area contributed by atoms with Crippen LogP contribution in [0.3, 0.4) is 0 Å². The van der Waals surface area contributed by atoms with Crippen LogP contribution in [0.4, 0.5) is 13.2 Å². The minimum absolute atomic E-state index is 0.490. The van der Waals surface area contributed by atoms with Gasteiger partial charge in [0.1, 0.15) is 0 Å². The molecule has 0 aliphatic heterocycles. The first-order valence-corrected chi connectivity index (χ1v) is 6.78. The number of benzene rings is 1. The van der Waals surface area contributed by atoms with Crippen LogP contribution in [0.15, 0.2) is 30.5 Å². The maximum absolute atomic E-state index is 12.8. The Bertz CT molecular complexity index is 588. The van der Waals surface area contributed by atoms with Crippen molar-refractivity contribution in [3.63, 3.8) is 0 Å². The second kappa shape index (κ2) is 6.30. The highest BCUT2D eigenvalue weighted by atomic mass is 19.4. The third kappa shape index (κ3) is 4.07. The first-order valence-electron chi connectivity index (χ1n) is 6.78. The maximum atomic E-state index is 12.8. The minimum Gasteiger partial charge on any atom is -0.312 e. The van der Waals surface area contributed by atoms with Gasteiger partial charge in [-0.2, -0.15) is 18.3 Å². The van der Waals surface area contributed by atoms with E-state index in [1.165, 1.54) is 6.07 Å². The van der Waals surface area contributed by atoms with Crippen LogP contribution in [0.1, 0.15) is 25.0 Å². The van der Waals surface area contributed by atoms with E-state index < -0.39 is 11.7 Å². The molecule has 6 heteroatoms. The molecule has 0 radical (unpaired) electrons. The number of alkyl halides is 3. The van der Waals surface area contributed by atoms with E-state index in [2.05, 4.69) is 29.4 Å². The molecule has 0 aliphatic rings. The number of H-pyrrole nitrogens is 1. The minimum atomic E-state index is -4.34. The zero-order valence-electron chi connectivity index (χ0n) is 12.0. The summed E-state index contributed by atoms with van der Waals surface area (Å²) in [6.45, 7) is 5.60. The smallest absolute Gasteiger partial charge is 0.312 e. The molecule has 114 valence electrons. The summed E-state index contributed by atoms with van der Waals surface area (Å²) in [4.78, 5) is 0. The summed E-state index contributed by atoms with van der Waals surface area (Å²) < 4.78 is 38.3. The molecule has 1 aromatic carbocycles. The molecule has 2 N–H and O–H groups in total. The van der Waals surface area contributed by atoms with Crippen molar-refractivity contribution < 1.29 is 13.2 Å². The second-order valence-electron chi connectivity index (χ2n) is 5.37. The van der Waals surface area contributed by atoms with E-state index in [1.54, 1.807) is 12.3 Å². The van der Waals surface area contributed by atoms with Crippen LogP contribution >= 0.6 is 0 Å². The van der Waals surface area contributed by atoms with Gasteiger partial charge in [-0.05, 0) is 24.6 Å². The molecule has 0 spiro atoms. The van der Waals surface area contributed by atoms with Gasteiger partial charge in [-0.3, -0.25) is 5.10 Å². The molecule has 21 heavy (non-hydrogen) atoms. The van der Waals surface area contributed by atoms with E-state index >= 15 is 0 Å². The normalized spacial score (nSPS) is 12.1. The number of hydrogen-bond acceptors (Lipinski definition) is 2. The molecule has 0 amide bonds. The van der Waals surface area contributed by atoms with Crippen molar-refractivity contribution in [1.29, 1.82) is 0 Å². The molecule has 0 atom stereocenters. The van der Waals surface area contributed by atoms with Gasteiger partial charge in [0, 0.05) is 17.7 Å². The van der Waals surface area contributed by atoms with Gasteiger partial charge in [0.2, 0.25) is 0 Å². The first kappa shape index (κ1) is 15.6. The number of rotatable bonds is 5. The number of aromatic nitrogens is 2. The SMILES string of the molecule is CC(C)CNCc1cn[nH]c1-c1cccc(C(F)(F)F)c1. The van der Waals surface area contributed by atoms with Crippen LogP contribution in [0, 0.1) is 5.92 Å². The predicted molar refractivity (Wildman–Crippen MR) is 75.6 cm³/mol. The maximum Gasteiger partial charge on any atom is 0.416 e. The van der Waals surface area contributed by atoms with Crippen molar-refractivity contribution >= 4 is 0 Å². The highest BCUT2D eigenvalue weighted by Gasteiger charge is 2.30. The Labute approximate surface area is 121 Å². The Balaban J connectivity index is 2.21. The molecule has 0 unspecified atom stereocenters. The summed E-state index contributed by atoms with van der Waals surface area (Å²) in [6.07, 6.45) is -2.70. The van der Waals surface area contributed by atoms with Crippen molar-refractivity contribution in [2.24, 2.45) is 5.92 Å². The summed E-state index contributed by atoms with van der Waals surface area (Å²) in [5.41, 5.74) is 1.31. The predicted octanol–water partition coefficient (Wildman–Crippen LogP) is 3.84. The molecule has 3 nitrogen and oxygen atoms in total. The lowest BCUT2D eigenvalue weighted by Crippen LogP contribution is -2.19. The van der Waals surface area contributed by atoms with Crippen LogP contribution in [0.5, 0.6) is 0 Å². The molecule has 2 rings (SSSR count). The van der Waals surface area contributed by atoms with Gasteiger partial charge >= 0.3 is 6.18 Å². The number of nitrogens with zero attached hydrogens (tertiary/aromatic N) is 1. The van der Waals surface area contributed by atoms with E-state index in [4.69, 9.17) is 0 Å². The van der Waals surface area contributed by atoms with Crippen LogP contribution in [0.2, 0.25) is 0 Å². The molecule has 0 bridgehead atoms. The van der Waals surface area contributed by atoms with Gasteiger partial charge in [0.15, 0.2) is 0 Å². The quantitative estimate of drug-likeness (QED) is 0.880. The Morgan fingerprint density at radius 2 is 2.05 bits per heavy atom. The average molecular weight is 297 g/mol. The third-order valence-electron chi connectivity index (χ3n) is 3.06. The molecule has 1 aromatic heterocycles. The summed E-state index contributed by atoms with van der Waals surface area (Å²) in [5.74, 6) is 0.508. The van der Waals surface area contributed by atoms with E-state index in [0.29, 0.717) is 23.7 Å². The van der Waals surface area contributed by atoms with Gasteiger partial charge in [-0.15, -0.1) is 0 Å². The number of hydrogen-bond donors (Lipinski definition) is 2. The van der Waals surface area contributed by atoms with Gasteiger partial charge < -0.3 is 5.32 Å². The Kier molecular flexibility index (Phi) is 4.67. The molecule has 2 aromatic rings. The van der Waals surface area contributed by atoms with Gasteiger partial charge in [-0.25, -0.2) is 0 Å². The Morgan fingerprint density at radius 3 is 2.71 bits per heavy atom. The highest BCUT2D eigenvalue weighted by molar-refractivity contribution is 5.63. The van der Waals surface area contributed by atoms with Crippen molar-refractivity contribution in [2.75, 3.05) is 6.54 Å². The monoisotopic (exact) mass is 297 g/mol. The molecule has 0 saturated carbocycles. The topological polar surface area (TPSA) is 40.7 Å². The van der Waals surface area contributed by atoms with Crippen LogP contribution in [-0.2, 0) is 12.7 Å². The molecule has 0 aliphatic carbocycles. The van der Waals surface area contributed by atoms with Crippen LogP contribution < -0.4 is 5.32 Å². The van der Waals surface area contributed by atoms with E-state index in [1.807, 2.05) is 0 Å². The molecular formula is C15H18F3N3. The van der Waals surface area contributed by atoms with E-state index in [9.17, 15) is 13.2 Å². The van der Waals surface area contributed by atoms with Gasteiger partial charge in [0.25, 0.3) is 0 Å². The van der Waals surface area contributed by atoms with Gasteiger partial charge in [0.05, 0.1) is 17.5 Å². The lowest BCUT2D eigenvalue weighted by Gasteiger charge is -2.10. The lowest BCUT2D eigenvalue weighted by atomic mass is 10.0. The Hall–Kier alpha value is -1.82. The zero-order valence-corrected chi connectivity index (χ0v) is 12.0. The van der Waals surface area contributed by atoms with Crippen LogP contribution in [-0.4, -0.2) is 16.7 Å². The first-order chi connectivity index (χ1) is 9.88. The average Bonchev–Trinajstić information content (AvgIpc) is 2.86.